The van der Waals surface area contributed by atoms with Crippen LogP contribution in [-0.2, 0) is 11.2 Å². The molecule has 2 unspecified atom stereocenters. The SMILES string of the molecule is CCC(C)C(N)C(=O)Nc1cccc(CC(F)(F)F)c1.Cl. The lowest BCUT2D eigenvalue weighted by atomic mass is 9.99. The summed E-state index contributed by atoms with van der Waals surface area (Å²) in [6.45, 7) is 3.77. The highest BCUT2D eigenvalue weighted by Gasteiger charge is 2.27. The standard InChI is InChI=1S/C14H19F3N2O.ClH/c1-3-9(2)12(18)13(20)19-11-6-4-5-10(7-11)8-14(15,16)17;/h4-7,9,12H,3,8,18H2,1-2H3,(H,19,20);1H. The molecule has 0 aliphatic rings. The molecular formula is C14H20ClF3N2O. The molecule has 0 saturated carbocycles. The van der Waals surface area contributed by atoms with Gasteiger partial charge >= 0.3 is 6.18 Å². The summed E-state index contributed by atoms with van der Waals surface area (Å²) >= 11 is 0. The largest absolute Gasteiger partial charge is 0.393 e. The van der Waals surface area contributed by atoms with Crippen LogP contribution in [0.2, 0.25) is 0 Å². The Bertz CT molecular complexity index is 466. The van der Waals surface area contributed by atoms with E-state index in [1.807, 2.05) is 13.8 Å². The van der Waals surface area contributed by atoms with Gasteiger partial charge in [0.15, 0.2) is 0 Å². The van der Waals surface area contributed by atoms with Crippen molar-refractivity contribution in [3.8, 4) is 0 Å². The van der Waals surface area contributed by atoms with Gasteiger partial charge in [-0.15, -0.1) is 12.4 Å². The monoisotopic (exact) mass is 324 g/mol. The second kappa shape index (κ2) is 8.24. The smallest absolute Gasteiger partial charge is 0.325 e. The van der Waals surface area contributed by atoms with Crippen LogP contribution in [-0.4, -0.2) is 18.1 Å². The van der Waals surface area contributed by atoms with E-state index in [0.29, 0.717) is 5.69 Å². The molecule has 0 radical (unpaired) electrons. The highest BCUT2D eigenvalue weighted by Crippen LogP contribution is 2.23. The molecule has 7 heteroatoms. The number of rotatable bonds is 5. The minimum absolute atomic E-state index is 0. The zero-order valence-corrected chi connectivity index (χ0v) is 12.7. The summed E-state index contributed by atoms with van der Waals surface area (Å²) in [5.41, 5.74) is 6.20. The van der Waals surface area contributed by atoms with Gasteiger partial charge in [-0.05, 0) is 23.6 Å². The van der Waals surface area contributed by atoms with Crippen molar-refractivity contribution in [2.24, 2.45) is 11.7 Å². The summed E-state index contributed by atoms with van der Waals surface area (Å²) in [5.74, 6) is -0.378. The second-order valence-corrected chi connectivity index (χ2v) is 4.89. The Labute approximate surface area is 128 Å². The Hall–Kier alpha value is -1.27. The van der Waals surface area contributed by atoms with Crippen LogP contribution in [0.25, 0.3) is 0 Å². The molecule has 0 heterocycles. The van der Waals surface area contributed by atoms with E-state index in [9.17, 15) is 18.0 Å². The number of anilines is 1. The van der Waals surface area contributed by atoms with Gasteiger partial charge in [-0.25, -0.2) is 0 Å². The molecular weight excluding hydrogens is 305 g/mol. The van der Waals surface area contributed by atoms with Crippen LogP contribution in [0.5, 0.6) is 0 Å². The Kier molecular flexibility index (Phi) is 7.74. The topological polar surface area (TPSA) is 55.1 Å². The van der Waals surface area contributed by atoms with Gasteiger partial charge in [0, 0.05) is 5.69 Å². The van der Waals surface area contributed by atoms with Gasteiger partial charge in [0.1, 0.15) is 0 Å². The molecule has 3 N–H and O–H groups in total. The van der Waals surface area contributed by atoms with E-state index in [-0.39, 0.29) is 29.8 Å². The van der Waals surface area contributed by atoms with Crippen molar-refractivity contribution in [2.45, 2.75) is 38.9 Å². The third kappa shape index (κ3) is 6.82. The van der Waals surface area contributed by atoms with Crippen LogP contribution >= 0.6 is 12.4 Å². The summed E-state index contributed by atoms with van der Waals surface area (Å²) in [5, 5.41) is 2.55. The van der Waals surface area contributed by atoms with Crippen LogP contribution in [0.15, 0.2) is 24.3 Å². The number of hydrogen-bond acceptors (Lipinski definition) is 2. The normalized spacial score (nSPS) is 14.0. The maximum absolute atomic E-state index is 12.3. The maximum Gasteiger partial charge on any atom is 0.393 e. The number of nitrogens with one attached hydrogen (secondary N) is 1. The lowest BCUT2D eigenvalue weighted by molar-refractivity contribution is -0.127. The molecule has 1 aromatic carbocycles. The zero-order valence-electron chi connectivity index (χ0n) is 11.9. The van der Waals surface area contributed by atoms with Gasteiger partial charge in [0.05, 0.1) is 12.5 Å². The number of nitrogens with two attached hydrogens (primary N) is 1. The average Bonchev–Trinajstić information content (AvgIpc) is 2.35. The molecule has 0 aliphatic carbocycles. The number of alkyl halides is 3. The van der Waals surface area contributed by atoms with Crippen LogP contribution in [0.3, 0.4) is 0 Å². The van der Waals surface area contributed by atoms with Gasteiger partial charge in [0.25, 0.3) is 0 Å². The molecule has 0 bridgehead atoms. The summed E-state index contributed by atoms with van der Waals surface area (Å²) in [7, 11) is 0. The first-order valence-corrected chi connectivity index (χ1v) is 6.45. The van der Waals surface area contributed by atoms with Crippen molar-refractivity contribution < 1.29 is 18.0 Å². The quantitative estimate of drug-likeness (QED) is 0.870. The third-order valence-corrected chi connectivity index (χ3v) is 3.16. The van der Waals surface area contributed by atoms with E-state index >= 15 is 0 Å². The molecule has 1 aromatic rings. The second-order valence-electron chi connectivity index (χ2n) is 4.89. The first-order valence-electron chi connectivity index (χ1n) is 6.45. The van der Waals surface area contributed by atoms with Crippen molar-refractivity contribution in [1.29, 1.82) is 0 Å². The lowest BCUT2D eigenvalue weighted by Crippen LogP contribution is -2.40. The summed E-state index contributed by atoms with van der Waals surface area (Å²) < 4.78 is 36.9. The minimum Gasteiger partial charge on any atom is -0.325 e. The Morgan fingerprint density at radius 2 is 2.00 bits per heavy atom. The number of carbonyl (C=O) groups excluding carboxylic acids is 1. The number of amides is 1. The Morgan fingerprint density at radius 1 is 1.38 bits per heavy atom. The molecule has 0 aromatic heterocycles. The van der Waals surface area contributed by atoms with Crippen LogP contribution in [0, 0.1) is 5.92 Å². The molecule has 120 valence electrons. The number of benzene rings is 1. The van der Waals surface area contributed by atoms with E-state index in [4.69, 9.17) is 5.73 Å². The van der Waals surface area contributed by atoms with E-state index in [1.165, 1.54) is 18.2 Å². The minimum atomic E-state index is -4.27. The Morgan fingerprint density at radius 3 is 2.52 bits per heavy atom. The predicted octanol–water partition coefficient (Wildman–Crippen LogP) is 3.53. The van der Waals surface area contributed by atoms with Crippen molar-refractivity contribution in [2.75, 3.05) is 5.32 Å². The van der Waals surface area contributed by atoms with E-state index in [2.05, 4.69) is 5.32 Å². The number of hydrogen-bond donors (Lipinski definition) is 2. The van der Waals surface area contributed by atoms with Gasteiger partial charge in [-0.1, -0.05) is 32.4 Å². The summed E-state index contributed by atoms with van der Waals surface area (Å²) in [6.07, 6.45) is -4.54. The number of halogens is 4. The summed E-state index contributed by atoms with van der Waals surface area (Å²) in [6, 6.07) is 5.03. The molecule has 0 fully saturated rings. The molecule has 21 heavy (non-hydrogen) atoms. The fourth-order valence-corrected chi connectivity index (χ4v) is 1.73. The van der Waals surface area contributed by atoms with Gasteiger partial charge in [-0.3, -0.25) is 4.79 Å². The van der Waals surface area contributed by atoms with Gasteiger partial charge in [0.2, 0.25) is 5.91 Å². The van der Waals surface area contributed by atoms with E-state index in [0.717, 1.165) is 6.42 Å². The van der Waals surface area contributed by atoms with Crippen molar-refractivity contribution in [3.63, 3.8) is 0 Å². The lowest BCUT2D eigenvalue weighted by Gasteiger charge is -2.18. The molecule has 2 atom stereocenters. The first kappa shape index (κ1) is 19.7. The molecule has 1 rings (SSSR count). The fraction of sp³-hybridized carbons (Fsp3) is 0.500. The van der Waals surface area contributed by atoms with Crippen molar-refractivity contribution in [3.05, 3.63) is 29.8 Å². The van der Waals surface area contributed by atoms with Gasteiger partial charge < -0.3 is 11.1 Å². The fourth-order valence-electron chi connectivity index (χ4n) is 1.73. The highest BCUT2D eigenvalue weighted by molar-refractivity contribution is 5.94. The molecule has 3 nitrogen and oxygen atoms in total. The van der Waals surface area contributed by atoms with Gasteiger partial charge in [-0.2, -0.15) is 13.2 Å². The van der Waals surface area contributed by atoms with Crippen LogP contribution in [0.4, 0.5) is 18.9 Å². The van der Waals surface area contributed by atoms with Crippen LogP contribution < -0.4 is 11.1 Å². The molecule has 0 saturated heterocycles. The van der Waals surface area contributed by atoms with Crippen molar-refractivity contribution >= 4 is 24.0 Å². The van der Waals surface area contributed by atoms with Crippen LogP contribution in [0.1, 0.15) is 25.8 Å². The maximum atomic E-state index is 12.3. The highest BCUT2D eigenvalue weighted by atomic mass is 35.5. The number of carbonyl (C=O) groups is 1. The van der Waals surface area contributed by atoms with E-state index in [1.54, 1.807) is 6.07 Å². The molecule has 0 spiro atoms. The first-order chi connectivity index (χ1) is 9.23. The summed E-state index contributed by atoms with van der Waals surface area (Å²) in [4.78, 5) is 11.9. The molecule has 0 aliphatic heterocycles. The third-order valence-electron chi connectivity index (χ3n) is 3.16. The van der Waals surface area contributed by atoms with Crippen molar-refractivity contribution in [1.82, 2.24) is 0 Å². The molecule has 1 amide bonds. The van der Waals surface area contributed by atoms with E-state index < -0.39 is 18.6 Å². The Balaban J connectivity index is 0.00000400. The average molecular weight is 325 g/mol. The zero-order chi connectivity index (χ0) is 15.3. The predicted molar refractivity (Wildman–Crippen MR) is 79.5 cm³/mol.